The molecule has 0 fully saturated rings. The summed E-state index contributed by atoms with van der Waals surface area (Å²) < 4.78 is 44.9. The first-order valence-electron chi connectivity index (χ1n) is 6.29. The molecule has 0 aliphatic rings. The summed E-state index contributed by atoms with van der Waals surface area (Å²) in [7, 11) is 0. The van der Waals surface area contributed by atoms with Crippen molar-refractivity contribution in [2.45, 2.75) is 12.7 Å². The zero-order valence-electron chi connectivity index (χ0n) is 10.9. The molecule has 0 atom stereocenters. The highest BCUT2D eigenvalue weighted by Crippen LogP contribution is 2.39. The van der Waals surface area contributed by atoms with E-state index in [1.54, 1.807) is 36.4 Å². The largest absolute Gasteiger partial charge is 0.459 e. The van der Waals surface area contributed by atoms with Gasteiger partial charge in [0.25, 0.3) is 0 Å². The quantitative estimate of drug-likeness (QED) is 0.760. The fourth-order valence-electron chi connectivity index (χ4n) is 2.26. The van der Waals surface area contributed by atoms with Crippen LogP contribution < -0.4 is 5.73 Å². The molecule has 5 heteroatoms. The zero-order valence-corrected chi connectivity index (χ0v) is 10.9. The number of alkyl halides is 3. The fourth-order valence-corrected chi connectivity index (χ4v) is 2.26. The van der Waals surface area contributed by atoms with Gasteiger partial charge in [-0.1, -0.05) is 24.3 Å². The van der Waals surface area contributed by atoms with Crippen molar-refractivity contribution in [3.05, 3.63) is 59.9 Å². The smallest absolute Gasteiger partial charge is 0.420 e. The number of benzene rings is 2. The number of halogens is 3. The van der Waals surface area contributed by atoms with Crippen LogP contribution in [0.15, 0.2) is 46.9 Å². The van der Waals surface area contributed by atoms with Gasteiger partial charge in [0.1, 0.15) is 11.3 Å². The molecule has 2 N–H and O–H groups in total. The maximum absolute atomic E-state index is 13.2. The van der Waals surface area contributed by atoms with Crippen LogP contribution >= 0.6 is 0 Å². The molecule has 0 bridgehead atoms. The molecular formula is C16H11F3NO. The van der Waals surface area contributed by atoms with E-state index < -0.39 is 11.7 Å². The summed E-state index contributed by atoms with van der Waals surface area (Å²) in [5.41, 5.74) is 5.65. The van der Waals surface area contributed by atoms with Crippen molar-refractivity contribution in [3.63, 3.8) is 0 Å². The van der Waals surface area contributed by atoms with E-state index in [-0.39, 0.29) is 12.1 Å². The van der Waals surface area contributed by atoms with Gasteiger partial charge in [-0.3, -0.25) is 0 Å². The number of fused-ring (bicyclic) bond motifs is 1. The Kier molecular flexibility index (Phi) is 3.22. The van der Waals surface area contributed by atoms with E-state index >= 15 is 0 Å². The molecule has 0 aliphatic carbocycles. The molecule has 2 nitrogen and oxygen atoms in total. The molecule has 0 unspecified atom stereocenters. The summed E-state index contributed by atoms with van der Waals surface area (Å²) in [5.74, 6) is 0.328. The number of nitrogens with two attached hydrogens (primary N) is 1. The van der Waals surface area contributed by atoms with Gasteiger partial charge in [0.05, 0.1) is 12.1 Å². The van der Waals surface area contributed by atoms with Gasteiger partial charge in [-0.2, -0.15) is 13.2 Å². The van der Waals surface area contributed by atoms with E-state index in [9.17, 15) is 13.2 Å². The summed E-state index contributed by atoms with van der Waals surface area (Å²) in [6.07, 6.45) is -4.49. The summed E-state index contributed by atoms with van der Waals surface area (Å²) in [5, 5.41) is 0.396. The first kappa shape index (κ1) is 13.7. The van der Waals surface area contributed by atoms with E-state index in [1.807, 2.05) is 0 Å². The number of rotatable bonds is 2. The average Bonchev–Trinajstić information content (AvgIpc) is 2.89. The van der Waals surface area contributed by atoms with Crippen LogP contribution in [0.25, 0.3) is 22.1 Å². The molecule has 0 saturated heterocycles. The van der Waals surface area contributed by atoms with Crippen molar-refractivity contribution in [3.8, 4) is 11.1 Å². The molecule has 107 valence electrons. The Bertz CT molecular complexity index is 775. The topological polar surface area (TPSA) is 39.2 Å². The van der Waals surface area contributed by atoms with Crippen molar-refractivity contribution in [2.24, 2.45) is 5.73 Å². The second kappa shape index (κ2) is 4.93. The highest BCUT2D eigenvalue weighted by atomic mass is 19.4. The SMILES string of the molecule is NCc1cc2cc(-c3cc[c]cc3)cc(C(F)(F)F)c2o1. The van der Waals surface area contributed by atoms with Crippen LogP contribution in [-0.2, 0) is 12.7 Å². The van der Waals surface area contributed by atoms with Crippen LogP contribution in [-0.4, -0.2) is 0 Å². The van der Waals surface area contributed by atoms with Crippen molar-refractivity contribution in [2.75, 3.05) is 0 Å². The molecule has 0 saturated carbocycles. The minimum atomic E-state index is -4.49. The van der Waals surface area contributed by atoms with Gasteiger partial charge in [0.15, 0.2) is 0 Å². The average molecular weight is 290 g/mol. The first-order valence-corrected chi connectivity index (χ1v) is 6.29. The molecule has 1 radical (unpaired) electrons. The van der Waals surface area contributed by atoms with Crippen LogP contribution in [0.3, 0.4) is 0 Å². The fraction of sp³-hybridized carbons (Fsp3) is 0.125. The lowest BCUT2D eigenvalue weighted by Gasteiger charge is -2.10. The molecular weight excluding hydrogens is 279 g/mol. The van der Waals surface area contributed by atoms with E-state index in [2.05, 4.69) is 6.07 Å². The third-order valence-corrected chi connectivity index (χ3v) is 3.23. The molecule has 0 aliphatic heterocycles. The number of hydrogen-bond acceptors (Lipinski definition) is 2. The highest BCUT2D eigenvalue weighted by molar-refractivity contribution is 5.87. The van der Waals surface area contributed by atoms with Crippen molar-refractivity contribution in [1.82, 2.24) is 0 Å². The highest BCUT2D eigenvalue weighted by Gasteiger charge is 2.35. The Balaban J connectivity index is 2.29. The summed E-state index contributed by atoms with van der Waals surface area (Å²) in [6, 6.07) is 13.9. The molecule has 2 aromatic carbocycles. The standard InChI is InChI=1S/C16H11F3NO/c17-16(18,19)14-8-11(10-4-2-1-3-5-10)6-12-7-13(9-20)21-15(12)14/h2-8H,9,20H2. The van der Waals surface area contributed by atoms with Crippen LogP contribution in [0.2, 0.25) is 0 Å². The lowest BCUT2D eigenvalue weighted by atomic mass is 10.0. The van der Waals surface area contributed by atoms with Gasteiger partial charge in [-0.25, -0.2) is 0 Å². The Morgan fingerprint density at radius 1 is 1.05 bits per heavy atom. The van der Waals surface area contributed by atoms with Crippen LogP contribution in [0.4, 0.5) is 13.2 Å². The molecule has 1 aromatic heterocycles. The van der Waals surface area contributed by atoms with Gasteiger partial charge in [0.2, 0.25) is 0 Å². The van der Waals surface area contributed by atoms with Crippen LogP contribution in [0.5, 0.6) is 0 Å². The molecule has 0 amide bonds. The Morgan fingerprint density at radius 3 is 2.38 bits per heavy atom. The molecule has 3 rings (SSSR count). The second-order valence-corrected chi connectivity index (χ2v) is 4.65. The summed E-state index contributed by atoms with van der Waals surface area (Å²) in [4.78, 5) is 0. The number of furan rings is 1. The maximum atomic E-state index is 13.2. The predicted octanol–water partition coefficient (Wildman–Crippen LogP) is 4.38. The van der Waals surface area contributed by atoms with Crippen molar-refractivity contribution < 1.29 is 17.6 Å². The first-order chi connectivity index (χ1) is 9.99. The van der Waals surface area contributed by atoms with Crippen LogP contribution in [0, 0.1) is 6.07 Å². The van der Waals surface area contributed by atoms with E-state index in [0.717, 1.165) is 6.07 Å². The third-order valence-electron chi connectivity index (χ3n) is 3.23. The zero-order chi connectivity index (χ0) is 15.0. The van der Waals surface area contributed by atoms with Gasteiger partial charge in [-0.05, 0) is 35.4 Å². The third kappa shape index (κ3) is 2.52. The normalized spacial score (nSPS) is 12.0. The second-order valence-electron chi connectivity index (χ2n) is 4.65. The van der Waals surface area contributed by atoms with E-state index in [0.29, 0.717) is 22.3 Å². The van der Waals surface area contributed by atoms with Crippen LogP contribution in [0.1, 0.15) is 11.3 Å². The van der Waals surface area contributed by atoms with Crippen molar-refractivity contribution in [1.29, 1.82) is 0 Å². The maximum Gasteiger partial charge on any atom is 0.420 e. The summed E-state index contributed by atoms with van der Waals surface area (Å²) in [6.45, 7) is 0.0572. The predicted molar refractivity (Wildman–Crippen MR) is 73.4 cm³/mol. The van der Waals surface area contributed by atoms with E-state index in [4.69, 9.17) is 10.2 Å². The lowest BCUT2D eigenvalue weighted by molar-refractivity contribution is -0.136. The summed E-state index contributed by atoms with van der Waals surface area (Å²) >= 11 is 0. The Morgan fingerprint density at radius 2 is 1.76 bits per heavy atom. The van der Waals surface area contributed by atoms with Gasteiger partial charge < -0.3 is 10.2 Å². The molecule has 1 heterocycles. The minimum absolute atomic E-state index is 0.0572. The Labute approximate surface area is 119 Å². The van der Waals surface area contributed by atoms with E-state index in [1.165, 1.54) is 0 Å². The van der Waals surface area contributed by atoms with Crippen molar-refractivity contribution >= 4 is 11.0 Å². The molecule has 21 heavy (non-hydrogen) atoms. The lowest BCUT2D eigenvalue weighted by Crippen LogP contribution is -2.05. The van der Waals surface area contributed by atoms with Gasteiger partial charge in [0, 0.05) is 5.39 Å². The molecule has 0 spiro atoms. The number of hydrogen-bond donors (Lipinski definition) is 1. The monoisotopic (exact) mass is 290 g/mol. The Hall–Kier alpha value is -2.27. The minimum Gasteiger partial charge on any atom is -0.459 e. The van der Waals surface area contributed by atoms with Gasteiger partial charge in [-0.15, -0.1) is 0 Å². The molecule has 3 aromatic rings. The van der Waals surface area contributed by atoms with Gasteiger partial charge >= 0.3 is 6.18 Å².